The molecule has 7 heteroatoms. The molecule has 2 heterocycles. The average Bonchev–Trinajstić information content (AvgIpc) is 2.99. The van der Waals surface area contributed by atoms with Crippen LogP contribution in [0.15, 0.2) is 48.8 Å². The van der Waals surface area contributed by atoms with Crippen LogP contribution in [0, 0.1) is 0 Å². The minimum Gasteiger partial charge on any atom is -0.468 e. The molecule has 0 fully saturated rings. The summed E-state index contributed by atoms with van der Waals surface area (Å²) in [5, 5.41) is 2.84. The number of nitrogens with zero attached hydrogens (tertiary/aromatic N) is 3. The molecule has 2 aromatic heterocycles. The maximum absolute atomic E-state index is 12.1. The summed E-state index contributed by atoms with van der Waals surface area (Å²) >= 11 is 0. The lowest BCUT2D eigenvalue weighted by Gasteiger charge is -2.09. The zero-order valence-electron chi connectivity index (χ0n) is 13.8. The Morgan fingerprint density at radius 1 is 1.20 bits per heavy atom. The number of rotatable bonds is 6. The number of aromatic nitrogens is 3. The number of carbonyl (C=O) groups is 2. The Hall–Kier alpha value is -3.22. The van der Waals surface area contributed by atoms with Gasteiger partial charge in [-0.25, -0.2) is 4.98 Å². The highest BCUT2D eigenvalue weighted by atomic mass is 16.5. The smallest absolute Gasteiger partial charge is 0.325 e. The second kappa shape index (κ2) is 7.57. The van der Waals surface area contributed by atoms with Gasteiger partial charge in [0.2, 0.25) is 0 Å². The Balaban J connectivity index is 1.73. The number of imidazole rings is 1. The fourth-order valence-electron chi connectivity index (χ4n) is 2.57. The van der Waals surface area contributed by atoms with Crippen molar-refractivity contribution in [3.63, 3.8) is 0 Å². The van der Waals surface area contributed by atoms with Crippen LogP contribution in [0.1, 0.15) is 16.2 Å². The molecule has 25 heavy (non-hydrogen) atoms. The van der Waals surface area contributed by atoms with Crippen molar-refractivity contribution < 1.29 is 14.3 Å². The number of pyridine rings is 1. The summed E-state index contributed by atoms with van der Waals surface area (Å²) in [4.78, 5) is 32.2. The van der Waals surface area contributed by atoms with E-state index < -0.39 is 0 Å². The highest BCUT2D eigenvalue weighted by Gasteiger charge is 2.14. The van der Waals surface area contributed by atoms with Crippen LogP contribution in [0.4, 0.5) is 0 Å². The molecule has 0 spiro atoms. The number of hydrogen-bond donors (Lipinski definition) is 1. The molecule has 3 aromatic rings. The standard InChI is InChI=1S/C18H18N4O3/c1-25-17(23)12-22-15-7-3-2-6-14(15)21-16(22)8-10-20-18(24)13-5-4-9-19-11-13/h2-7,9,11H,8,10,12H2,1H3,(H,20,24). The Morgan fingerprint density at radius 2 is 2.04 bits per heavy atom. The monoisotopic (exact) mass is 338 g/mol. The molecule has 0 saturated carbocycles. The van der Waals surface area contributed by atoms with E-state index in [9.17, 15) is 9.59 Å². The van der Waals surface area contributed by atoms with Gasteiger partial charge in [-0.15, -0.1) is 0 Å². The van der Waals surface area contributed by atoms with Crippen molar-refractivity contribution in [1.82, 2.24) is 19.9 Å². The zero-order valence-corrected chi connectivity index (χ0v) is 13.8. The maximum atomic E-state index is 12.1. The third kappa shape index (κ3) is 3.82. The largest absolute Gasteiger partial charge is 0.468 e. The first kappa shape index (κ1) is 16.6. The van der Waals surface area contributed by atoms with Crippen molar-refractivity contribution in [2.75, 3.05) is 13.7 Å². The van der Waals surface area contributed by atoms with Gasteiger partial charge in [-0.2, -0.15) is 0 Å². The molecule has 128 valence electrons. The number of para-hydroxylation sites is 2. The quantitative estimate of drug-likeness (QED) is 0.690. The predicted molar refractivity (Wildman–Crippen MR) is 92.0 cm³/mol. The Bertz CT molecular complexity index is 890. The van der Waals surface area contributed by atoms with Gasteiger partial charge < -0.3 is 14.6 Å². The molecule has 0 radical (unpaired) electrons. The van der Waals surface area contributed by atoms with E-state index in [0.29, 0.717) is 18.5 Å². The van der Waals surface area contributed by atoms with Crippen LogP contribution < -0.4 is 5.32 Å². The number of hydrogen-bond acceptors (Lipinski definition) is 5. The zero-order chi connectivity index (χ0) is 17.6. The lowest BCUT2D eigenvalue weighted by atomic mass is 10.2. The predicted octanol–water partition coefficient (Wildman–Crippen LogP) is 1.58. The lowest BCUT2D eigenvalue weighted by Crippen LogP contribution is -2.27. The molecule has 0 aliphatic heterocycles. The van der Waals surface area contributed by atoms with Crippen LogP contribution in [-0.4, -0.2) is 40.1 Å². The van der Waals surface area contributed by atoms with Crippen molar-refractivity contribution in [2.24, 2.45) is 0 Å². The molecule has 7 nitrogen and oxygen atoms in total. The van der Waals surface area contributed by atoms with Gasteiger partial charge >= 0.3 is 5.97 Å². The van der Waals surface area contributed by atoms with E-state index in [2.05, 4.69) is 15.3 Å². The highest BCUT2D eigenvalue weighted by Crippen LogP contribution is 2.16. The summed E-state index contributed by atoms with van der Waals surface area (Å²) in [7, 11) is 1.36. The molecule has 1 aromatic carbocycles. The van der Waals surface area contributed by atoms with Gasteiger partial charge in [0.15, 0.2) is 0 Å². The van der Waals surface area contributed by atoms with Crippen LogP contribution in [0.3, 0.4) is 0 Å². The molecular weight excluding hydrogens is 320 g/mol. The molecular formula is C18H18N4O3. The minimum absolute atomic E-state index is 0.0862. The first-order valence-electron chi connectivity index (χ1n) is 7.88. The number of amides is 1. The fourth-order valence-corrected chi connectivity index (χ4v) is 2.57. The molecule has 1 N–H and O–H groups in total. The highest BCUT2D eigenvalue weighted by molar-refractivity contribution is 5.93. The van der Waals surface area contributed by atoms with Gasteiger partial charge in [0, 0.05) is 25.4 Å². The van der Waals surface area contributed by atoms with E-state index in [0.717, 1.165) is 16.9 Å². The number of benzene rings is 1. The summed E-state index contributed by atoms with van der Waals surface area (Å²) in [6, 6.07) is 11.0. The van der Waals surface area contributed by atoms with Crippen LogP contribution in [-0.2, 0) is 22.5 Å². The van der Waals surface area contributed by atoms with Gasteiger partial charge in [-0.1, -0.05) is 12.1 Å². The first-order valence-corrected chi connectivity index (χ1v) is 7.88. The number of nitrogens with one attached hydrogen (secondary N) is 1. The normalized spacial score (nSPS) is 10.6. The van der Waals surface area contributed by atoms with Gasteiger partial charge in [0.05, 0.1) is 23.7 Å². The van der Waals surface area contributed by atoms with Crippen molar-refractivity contribution in [3.05, 3.63) is 60.2 Å². The summed E-state index contributed by atoms with van der Waals surface area (Å²) in [5.41, 5.74) is 2.17. The van der Waals surface area contributed by atoms with E-state index in [4.69, 9.17) is 4.74 Å². The minimum atomic E-state index is -0.344. The number of fused-ring (bicyclic) bond motifs is 1. The van der Waals surface area contributed by atoms with Crippen LogP contribution in [0.2, 0.25) is 0 Å². The summed E-state index contributed by atoms with van der Waals surface area (Å²) in [5.74, 6) is 0.186. The Kier molecular flexibility index (Phi) is 5.03. The molecule has 0 saturated heterocycles. The van der Waals surface area contributed by atoms with Crippen molar-refractivity contribution >= 4 is 22.9 Å². The van der Waals surface area contributed by atoms with E-state index in [1.807, 2.05) is 28.8 Å². The molecule has 0 aliphatic rings. The molecule has 0 unspecified atom stereocenters. The number of carbonyl (C=O) groups excluding carboxylic acids is 2. The average molecular weight is 338 g/mol. The Labute approximate surface area is 144 Å². The number of ether oxygens (including phenoxy) is 1. The molecule has 0 aliphatic carbocycles. The second-order valence-electron chi connectivity index (χ2n) is 5.43. The van der Waals surface area contributed by atoms with E-state index in [-0.39, 0.29) is 18.4 Å². The topological polar surface area (TPSA) is 86.1 Å². The lowest BCUT2D eigenvalue weighted by molar-refractivity contribution is -0.141. The van der Waals surface area contributed by atoms with Crippen LogP contribution in [0.25, 0.3) is 11.0 Å². The van der Waals surface area contributed by atoms with Crippen molar-refractivity contribution in [1.29, 1.82) is 0 Å². The molecule has 1 amide bonds. The SMILES string of the molecule is COC(=O)Cn1c(CCNC(=O)c2cccnc2)nc2ccccc21. The Morgan fingerprint density at radius 3 is 2.80 bits per heavy atom. The maximum Gasteiger partial charge on any atom is 0.325 e. The third-order valence-corrected chi connectivity index (χ3v) is 3.81. The van der Waals surface area contributed by atoms with Gasteiger partial charge in [-0.05, 0) is 24.3 Å². The van der Waals surface area contributed by atoms with Gasteiger partial charge in [-0.3, -0.25) is 14.6 Å². The van der Waals surface area contributed by atoms with Crippen LogP contribution >= 0.6 is 0 Å². The van der Waals surface area contributed by atoms with Gasteiger partial charge in [0.25, 0.3) is 5.91 Å². The summed E-state index contributed by atoms with van der Waals surface area (Å²) in [6.45, 7) is 0.487. The van der Waals surface area contributed by atoms with Crippen molar-refractivity contribution in [2.45, 2.75) is 13.0 Å². The number of esters is 1. The molecule has 3 rings (SSSR count). The van der Waals surface area contributed by atoms with Gasteiger partial charge in [0.1, 0.15) is 12.4 Å². The number of methoxy groups -OCH3 is 1. The van der Waals surface area contributed by atoms with Crippen molar-refractivity contribution in [3.8, 4) is 0 Å². The third-order valence-electron chi connectivity index (χ3n) is 3.81. The molecule has 0 atom stereocenters. The summed E-state index contributed by atoms with van der Waals surface area (Å²) in [6.07, 6.45) is 3.63. The van der Waals surface area contributed by atoms with E-state index in [1.165, 1.54) is 13.3 Å². The van der Waals surface area contributed by atoms with E-state index in [1.54, 1.807) is 18.3 Å². The fraction of sp³-hybridized carbons (Fsp3) is 0.222. The van der Waals surface area contributed by atoms with E-state index >= 15 is 0 Å². The molecule has 0 bridgehead atoms. The second-order valence-corrected chi connectivity index (χ2v) is 5.43. The summed E-state index contributed by atoms with van der Waals surface area (Å²) < 4.78 is 6.58. The van der Waals surface area contributed by atoms with Crippen LogP contribution in [0.5, 0.6) is 0 Å². The first-order chi connectivity index (χ1) is 12.2.